The summed E-state index contributed by atoms with van der Waals surface area (Å²) in [5.74, 6) is -1.32. The minimum atomic E-state index is -0.592. The molecule has 44 heavy (non-hydrogen) atoms. The lowest BCUT2D eigenvalue weighted by atomic mass is 9.95. The Morgan fingerprint density at radius 2 is 1.73 bits per heavy atom. The van der Waals surface area contributed by atoms with Crippen LogP contribution in [0.2, 0.25) is 10.0 Å². The number of carbonyl (C=O) groups is 3. The topological polar surface area (TPSA) is 83.4 Å². The van der Waals surface area contributed by atoms with Gasteiger partial charge < -0.3 is 9.88 Å². The summed E-state index contributed by atoms with van der Waals surface area (Å²) in [7, 11) is 0. The van der Waals surface area contributed by atoms with Crippen molar-refractivity contribution in [2.45, 2.75) is 46.5 Å². The van der Waals surface area contributed by atoms with Crippen LogP contribution in [0.25, 0.3) is 11.1 Å². The smallest absolute Gasteiger partial charge is 0.270 e. The van der Waals surface area contributed by atoms with Gasteiger partial charge in [-0.3, -0.25) is 24.6 Å². The predicted octanol–water partition coefficient (Wildman–Crippen LogP) is 7.73. The number of nitrogens with one attached hydrogen (secondary N) is 2. The number of halogens is 2. The van der Waals surface area contributed by atoms with Gasteiger partial charge in [0.2, 0.25) is 0 Å². The van der Waals surface area contributed by atoms with Gasteiger partial charge in [-0.2, -0.15) is 0 Å². The lowest BCUT2D eigenvalue weighted by Gasteiger charge is -2.29. The molecule has 3 heterocycles. The zero-order chi connectivity index (χ0) is 31.3. The molecule has 1 fully saturated rings. The average Bonchev–Trinajstić information content (AvgIpc) is 3.49. The molecule has 0 radical (unpaired) electrons. The van der Waals surface area contributed by atoms with E-state index in [-0.39, 0.29) is 21.6 Å². The maximum Gasteiger partial charge on any atom is 0.270 e. The van der Waals surface area contributed by atoms with Crippen molar-refractivity contribution in [2.24, 2.45) is 0 Å². The van der Waals surface area contributed by atoms with E-state index in [0.29, 0.717) is 21.8 Å². The van der Waals surface area contributed by atoms with Gasteiger partial charge in [-0.1, -0.05) is 40.9 Å². The van der Waals surface area contributed by atoms with Crippen LogP contribution in [0.1, 0.15) is 56.2 Å². The Morgan fingerprint density at radius 3 is 2.45 bits per heavy atom. The summed E-state index contributed by atoms with van der Waals surface area (Å²) in [5, 5.41) is 7.09. The number of hydrogen-bond donors (Lipinski definition) is 2. The Labute approximate surface area is 274 Å². The molecule has 2 aromatic carbocycles. The Hall–Kier alpha value is -3.76. The fourth-order valence-electron chi connectivity index (χ4n) is 5.69. The van der Waals surface area contributed by atoms with E-state index < -0.39 is 11.8 Å². The summed E-state index contributed by atoms with van der Waals surface area (Å²) in [5.41, 5.74) is 6.29. The molecular formula is C33H28Cl2N4O3S2. The maximum absolute atomic E-state index is 13.8. The van der Waals surface area contributed by atoms with Crippen LogP contribution >= 0.6 is 46.8 Å². The van der Waals surface area contributed by atoms with Gasteiger partial charge in [-0.05, 0) is 112 Å². The number of aromatic nitrogens is 1. The van der Waals surface area contributed by atoms with Crippen molar-refractivity contribution in [3.8, 4) is 5.00 Å². The van der Waals surface area contributed by atoms with Crippen LogP contribution in [0, 0.1) is 20.8 Å². The molecule has 3 amide bonds. The van der Waals surface area contributed by atoms with E-state index in [2.05, 4.69) is 10.6 Å². The molecule has 4 aromatic rings. The summed E-state index contributed by atoms with van der Waals surface area (Å²) >= 11 is 19.2. The van der Waals surface area contributed by atoms with Crippen LogP contribution in [0.5, 0.6) is 0 Å². The molecule has 1 aliphatic heterocycles. The van der Waals surface area contributed by atoms with Gasteiger partial charge in [0.15, 0.2) is 5.11 Å². The molecule has 224 valence electrons. The lowest BCUT2D eigenvalue weighted by Crippen LogP contribution is -2.54. The van der Waals surface area contributed by atoms with Crippen LogP contribution in [0.15, 0.2) is 54.1 Å². The second-order valence-electron chi connectivity index (χ2n) is 10.9. The number of thiophene rings is 1. The van der Waals surface area contributed by atoms with Crippen molar-refractivity contribution in [3.63, 3.8) is 0 Å². The summed E-state index contributed by atoms with van der Waals surface area (Å²) in [6, 6.07) is 14.4. The number of nitrogens with zero attached hydrogens (tertiary/aromatic N) is 2. The van der Waals surface area contributed by atoms with E-state index >= 15 is 0 Å². The quantitative estimate of drug-likeness (QED) is 0.130. The number of amides is 3. The zero-order valence-corrected chi connectivity index (χ0v) is 27.4. The highest BCUT2D eigenvalue weighted by atomic mass is 35.5. The lowest BCUT2D eigenvalue weighted by molar-refractivity contribution is -0.122. The average molecular weight is 664 g/mol. The molecule has 2 N–H and O–H groups in total. The summed E-state index contributed by atoms with van der Waals surface area (Å²) in [6.45, 7) is 5.88. The van der Waals surface area contributed by atoms with E-state index in [1.807, 2.05) is 55.7 Å². The van der Waals surface area contributed by atoms with Crippen molar-refractivity contribution in [1.29, 1.82) is 0 Å². The van der Waals surface area contributed by atoms with E-state index in [1.165, 1.54) is 15.8 Å². The number of hydrogen-bond acceptors (Lipinski definition) is 5. The van der Waals surface area contributed by atoms with Crippen molar-refractivity contribution < 1.29 is 14.4 Å². The molecule has 2 aromatic heterocycles. The highest BCUT2D eigenvalue weighted by Gasteiger charge is 2.35. The van der Waals surface area contributed by atoms with Gasteiger partial charge >= 0.3 is 0 Å². The minimum absolute atomic E-state index is 0.0468. The Balaban J connectivity index is 1.41. The molecule has 6 rings (SSSR count). The van der Waals surface area contributed by atoms with E-state index in [4.69, 9.17) is 35.4 Å². The number of fused-ring (bicyclic) bond motifs is 1. The molecule has 0 atom stereocenters. The highest BCUT2D eigenvalue weighted by Crippen LogP contribution is 2.39. The molecule has 1 saturated heterocycles. The molecule has 0 unspecified atom stereocenters. The number of rotatable bonds is 5. The number of carbonyl (C=O) groups excluding carboxylic acids is 3. The van der Waals surface area contributed by atoms with Crippen molar-refractivity contribution >= 4 is 87.0 Å². The summed E-state index contributed by atoms with van der Waals surface area (Å²) < 4.78 is 2.05. The molecule has 2 aliphatic rings. The third-order valence-electron chi connectivity index (χ3n) is 7.93. The number of aryl methyl sites for hydroxylation is 3. The fourth-order valence-corrected chi connectivity index (χ4v) is 7.76. The molecule has 0 saturated carbocycles. The van der Waals surface area contributed by atoms with Crippen LogP contribution < -0.4 is 15.5 Å². The van der Waals surface area contributed by atoms with E-state index in [1.54, 1.807) is 29.5 Å². The van der Waals surface area contributed by atoms with Gasteiger partial charge in [0, 0.05) is 22.0 Å². The Morgan fingerprint density at radius 1 is 1.00 bits per heavy atom. The highest BCUT2D eigenvalue weighted by molar-refractivity contribution is 7.80. The van der Waals surface area contributed by atoms with E-state index in [9.17, 15) is 14.4 Å². The number of thiocarbonyl (C=S) groups is 1. The predicted molar refractivity (Wildman–Crippen MR) is 182 cm³/mol. The minimum Gasteiger partial charge on any atom is -0.322 e. The van der Waals surface area contributed by atoms with Crippen LogP contribution in [-0.4, -0.2) is 27.4 Å². The largest absolute Gasteiger partial charge is 0.322 e. The van der Waals surface area contributed by atoms with Crippen LogP contribution in [0.3, 0.4) is 0 Å². The molecule has 7 nitrogen and oxygen atoms in total. The third kappa shape index (κ3) is 5.49. The molecule has 0 spiro atoms. The molecule has 0 bridgehead atoms. The van der Waals surface area contributed by atoms with Crippen molar-refractivity contribution in [2.75, 3.05) is 10.2 Å². The fraction of sp³-hybridized carbons (Fsp3) is 0.212. The second-order valence-corrected chi connectivity index (χ2v) is 13.2. The first-order chi connectivity index (χ1) is 21.0. The number of benzene rings is 2. The molecule has 11 heteroatoms. The summed E-state index contributed by atoms with van der Waals surface area (Å²) in [4.78, 5) is 43.0. The van der Waals surface area contributed by atoms with Crippen LogP contribution in [0.4, 0.5) is 11.4 Å². The summed E-state index contributed by atoms with van der Waals surface area (Å²) in [6.07, 6.45) is 5.46. The first-order valence-corrected chi connectivity index (χ1v) is 16.1. The molecule has 1 aliphatic carbocycles. The Kier molecular flexibility index (Phi) is 8.24. The second kappa shape index (κ2) is 12.0. The maximum atomic E-state index is 13.8. The molecular weight excluding hydrogens is 635 g/mol. The van der Waals surface area contributed by atoms with Gasteiger partial charge in [-0.15, -0.1) is 11.3 Å². The van der Waals surface area contributed by atoms with Gasteiger partial charge in [-0.25, -0.2) is 0 Å². The monoisotopic (exact) mass is 662 g/mol. The van der Waals surface area contributed by atoms with Crippen LogP contribution in [-0.2, 0) is 22.4 Å². The first-order valence-electron chi connectivity index (χ1n) is 14.1. The first kappa shape index (κ1) is 30.3. The zero-order valence-electron chi connectivity index (χ0n) is 24.2. The third-order valence-corrected chi connectivity index (χ3v) is 10.2. The van der Waals surface area contributed by atoms with Gasteiger partial charge in [0.05, 0.1) is 21.3 Å². The SMILES string of the molecule is Cc1ccc(NC(=O)c2c(-n3c(C)cc(/C=C4\C(=O)NC(=S)N(c5ccc(Cl)c(Cl)c5)C4=O)c3C)sc3c2CCCC3)cc1. The van der Waals surface area contributed by atoms with E-state index in [0.717, 1.165) is 58.9 Å². The number of anilines is 2. The van der Waals surface area contributed by atoms with Gasteiger partial charge in [0.25, 0.3) is 17.7 Å². The Bertz CT molecular complexity index is 1910. The van der Waals surface area contributed by atoms with Gasteiger partial charge in [0.1, 0.15) is 10.6 Å². The van der Waals surface area contributed by atoms with Crippen molar-refractivity contribution in [1.82, 2.24) is 9.88 Å². The normalized spacial score (nSPS) is 15.9. The standard InChI is InChI=1S/C33H28Cl2N4O3S2/c1-17-8-10-21(11-9-17)36-30(41)28-23-6-4-5-7-27(23)44-32(28)38-18(2)14-20(19(38)3)15-24-29(40)37-33(43)39(31(24)42)22-12-13-25(34)26(35)16-22/h8-16H,4-7H2,1-3H3,(H,36,41)(H,37,40,43)/b24-15+. The van der Waals surface area contributed by atoms with Crippen molar-refractivity contribution in [3.05, 3.63) is 103 Å².